The average Bonchev–Trinajstić information content (AvgIpc) is 2.72. The minimum absolute atomic E-state index is 0.0918. The summed E-state index contributed by atoms with van der Waals surface area (Å²) < 4.78 is 22.3. The van der Waals surface area contributed by atoms with Gasteiger partial charge in [-0.15, -0.1) is 0 Å². The monoisotopic (exact) mass is 245 g/mol. The van der Waals surface area contributed by atoms with E-state index in [-0.39, 0.29) is 11.8 Å². The smallest absolute Gasteiger partial charge is 0.148 e. The quantitative estimate of drug-likeness (QED) is 0.797. The highest BCUT2D eigenvalue weighted by molar-refractivity contribution is 7.90. The lowest BCUT2D eigenvalue weighted by molar-refractivity contribution is 0.311. The Labute approximate surface area is 98.9 Å². The van der Waals surface area contributed by atoms with Crippen molar-refractivity contribution in [3.63, 3.8) is 0 Å². The van der Waals surface area contributed by atoms with E-state index in [1.165, 1.54) is 31.9 Å². The predicted octanol–water partition coefficient (Wildman–Crippen LogP) is 1.45. The van der Waals surface area contributed by atoms with Crippen molar-refractivity contribution in [2.45, 2.75) is 38.6 Å². The molecule has 3 nitrogen and oxygen atoms in total. The Morgan fingerprint density at radius 1 is 1.31 bits per heavy atom. The largest absolute Gasteiger partial charge is 0.313 e. The fraction of sp³-hybridized carbons (Fsp3) is 1.00. The van der Waals surface area contributed by atoms with Crippen LogP contribution in [0.2, 0.25) is 0 Å². The molecule has 0 aromatic heterocycles. The number of hydrogen-bond acceptors (Lipinski definition) is 3. The Bertz CT molecular complexity index is 339. The lowest BCUT2D eigenvalue weighted by atomic mass is 9.89. The van der Waals surface area contributed by atoms with Gasteiger partial charge in [0.05, 0.1) is 5.75 Å². The van der Waals surface area contributed by atoms with E-state index in [0.717, 1.165) is 24.3 Å². The number of hydrogen-bond donors (Lipinski definition) is 1. The molecule has 0 saturated heterocycles. The molecular weight excluding hydrogens is 222 g/mol. The summed E-state index contributed by atoms with van der Waals surface area (Å²) in [6, 6.07) is 0.0918. The van der Waals surface area contributed by atoms with Crippen LogP contribution in [0.5, 0.6) is 0 Å². The highest BCUT2D eigenvalue weighted by atomic mass is 32.2. The van der Waals surface area contributed by atoms with E-state index in [0.29, 0.717) is 0 Å². The van der Waals surface area contributed by atoms with E-state index in [1.54, 1.807) is 0 Å². The highest BCUT2D eigenvalue weighted by Crippen LogP contribution is 2.47. The summed E-state index contributed by atoms with van der Waals surface area (Å²) in [5.41, 5.74) is 0. The maximum atomic E-state index is 11.1. The second-order valence-corrected chi connectivity index (χ2v) is 8.02. The summed E-state index contributed by atoms with van der Waals surface area (Å²) in [6.45, 7) is 2.98. The zero-order valence-electron chi connectivity index (χ0n) is 10.3. The lowest BCUT2D eigenvalue weighted by Crippen LogP contribution is -2.37. The van der Waals surface area contributed by atoms with Crippen molar-refractivity contribution in [3.05, 3.63) is 0 Å². The van der Waals surface area contributed by atoms with Crippen molar-refractivity contribution in [3.8, 4) is 0 Å². The fourth-order valence-corrected chi connectivity index (χ4v) is 4.52. The van der Waals surface area contributed by atoms with Crippen LogP contribution in [0, 0.1) is 17.8 Å². The Kier molecular flexibility index (Phi) is 3.59. The van der Waals surface area contributed by atoms with Crippen molar-refractivity contribution in [2.24, 2.45) is 17.8 Å². The summed E-state index contributed by atoms with van der Waals surface area (Å²) in [5, 5.41) is 3.39. The molecular formula is C12H23NO2S. The van der Waals surface area contributed by atoms with Gasteiger partial charge in [-0.05, 0) is 50.5 Å². The van der Waals surface area contributed by atoms with Crippen LogP contribution < -0.4 is 5.32 Å². The van der Waals surface area contributed by atoms with Crippen LogP contribution in [0.3, 0.4) is 0 Å². The number of rotatable bonds is 5. The van der Waals surface area contributed by atoms with E-state index >= 15 is 0 Å². The second-order valence-electron chi connectivity index (χ2n) is 5.84. The second kappa shape index (κ2) is 4.65. The van der Waals surface area contributed by atoms with Crippen LogP contribution in [0.15, 0.2) is 0 Å². The van der Waals surface area contributed by atoms with E-state index in [2.05, 4.69) is 5.32 Å². The van der Waals surface area contributed by atoms with Gasteiger partial charge in [0, 0.05) is 12.3 Å². The summed E-state index contributed by atoms with van der Waals surface area (Å²) in [6.07, 6.45) is 6.93. The number of sulfone groups is 1. The average molecular weight is 245 g/mol. The molecule has 94 valence electrons. The molecule has 0 amide bonds. The van der Waals surface area contributed by atoms with Gasteiger partial charge in [-0.3, -0.25) is 0 Å². The highest BCUT2D eigenvalue weighted by Gasteiger charge is 2.39. The molecule has 2 rings (SSSR count). The first kappa shape index (κ1) is 12.4. The fourth-order valence-electron chi connectivity index (χ4n) is 3.49. The summed E-state index contributed by atoms with van der Waals surface area (Å²) in [4.78, 5) is 0. The molecule has 0 heterocycles. The number of fused-ring (bicyclic) bond motifs is 2. The SMILES string of the molecule is CC(CS(C)(=O)=O)NCC1CC2CCC1C2. The maximum Gasteiger partial charge on any atom is 0.148 e. The van der Waals surface area contributed by atoms with E-state index in [4.69, 9.17) is 0 Å². The first-order chi connectivity index (χ1) is 7.44. The van der Waals surface area contributed by atoms with Crippen LogP contribution in [0.1, 0.15) is 32.6 Å². The third-order valence-corrected chi connectivity index (χ3v) is 5.27. The van der Waals surface area contributed by atoms with Crippen molar-refractivity contribution in [2.75, 3.05) is 18.6 Å². The summed E-state index contributed by atoms with van der Waals surface area (Å²) in [5.74, 6) is 2.96. The van der Waals surface area contributed by atoms with Gasteiger partial charge in [-0.2, -0.15) is 0 Å². The van der Waals surface area contributed by atoms with Crippen LogP contribution >= 0.6 is 0 Å². The van der Waals surface area contributed by atoms with Gasteiger partial charge in [0.2, 0.25) is 0 Å². The molecule has 2 fully saturated rings. The van der Waals surface area contributed by atoms with Crippen LogP contribution in [0.25, 0.3) is 0 Å². The summed E-state index contributed by atoms with van der Waals surface area (Å²) in [7, 11) is -2.84. The third-order valence-electron chi connectivity index (χ3n) is 4.17. The van der Waals surface area contributed by atoms with E-state index in [9.17, 15) is 8.42 Å². The molecule has 2 saturated carbocycles. The zero-order chi connectivity index (χ0) is 11.8. The molecule has 2 aliphatic carbocycles. The maximum absolute atomic E-state index is 11.1. The van der Waals surface area contributed by atoms with Crippen molar-refractivity contribution in [1.29, 1.82) is 0 Å². The first-order valence-electron chi connectivity index (χ1n) is 6.35. The zero-order valence-corrected chi connectivity index (χ0v) is 11.1. The van der Waals surface area contributed by atoms with Crippen molar-refractivity contribution < 1.29 is 8.42 Å². The molecule has 0 aliphatic heterocycles. The van der Waals surface area contributed by atoms with Crippen molar-refractivity contribution >= 4 is 9.84 Å². The molecule has 4 atom stereocenters. The topological polar surface area (TPSA) is 46.2 Å². The standard InChI is InChI=1S/C12H23NO2S/c1-9(8-16(2,14)15)13-7-12-6-10-3-4-11(12)5-10/h9-13H,3-8H2,1-2H3. The Hall–Kier alpha value is -0.0900. The van der Waals surface area contributed by atoms with Gasteiger partial charge in [-0.25, -0.2) is 8.42 Å². The molecule has 0 aromatic carbocycles. The Balaban J connectivity index is 1.72. The Morgan fingerprint density at radius 3 is 2.56 bits per heavy atom. The molecule has 2 bridgehead atoms. The lowest BCUT2D eigenvalue weighted by Gasteiger charge is -2.23. The summed E-state index contributed by atoms with van der Waals surface area (Å²) >= 11 is 0. The van der Waals surface area contributed by atoms with Gasteiger partial charge < -0.3 is 5.32 Å². The molecule has 2 aliphatic rings. The normalized spacial score (nSPS) is 35.5. The van der Waals surface area contributed by atoms with Gasteiger partial charge in [0.1, 0.15) is 9.84 Å². The van der Waals surface area contributed by atoms with Crippen LogP contribution in [-0.2, 0) is 9.84 Å². The molecule has 0 radical (unpaired) electrons. The third kappa shape index (κ3) is 3.20. The van der Waals surface area contributed by atoms with Gasteiger partial charge in [0.25, 0.3) is 0 Å². The molecule has 1 N–H and O–H groups in total. The van der Waals surface area contributed by atoms with Crippen LogP contribution in [-0.4, -0.2) is 33.0 Å². The van der Waals surface area contributed by atoms with Gasteiger partial charge >= 0.3 is 0 Å². The van der Waals surface area contributed by atoms with E-state index in [1.807, 2.05) is 6.92 Å². The molecule has 4 unspecified atom stereocenters. The van der Waals surface area contributed by atoms with Gasteiger partial charge in [0.15, 0.2) is 0 Å². The predicted molar refractivity (Wildman–Crippen MR) is 66.1 cm³/mol. The van der Waals surface area contributed by atoms with E-state index < -0.39 is 9.84 Å². The first-order valence-corrected chi connectivity index (χ1v) is 8.41. The van der Waals surface area contributed by atoms with Crippen molar-refractivity contribution in [1.82, 2.24) is 5.32 Å². The number of nitrogens with one attached hydrogen (secondary N) is 1. The Morgan fingerprint density at radius 2 is 2.06 bits per heavy atom. The molecule has 4 heteroatoms. The minimum Gasteiger partial charge on any atom is -0.313 e. The molecule has 0 spiro atoms. The minimum atomic E-state index is -2.84. The molecule has 0 aromatic rings. The molecule has 16 heavy (non-hydrogen) atoms. The van der Waals surface area contributed by atoms with Crippen LogP contribution in [0.4, 0.5) is 0 Å². The van der Waals surface area contributed by atoms with Gasteiger partial charge in [-0.1, -0.05) is 6.42 Å².